The van der Waals surface area contributed by atoms with Crippen LogP contribution in [0.25, 0.3) is 11.8 Å². The van der Waals surface area contributed by atoms with Gasteiger partial charge >= 0.3 is 11.7 Å². The average Bonchev–Trinajstić information content (AvgIpc) is 3.28. The van der Waals surface area contributed by atoms with Gasteiger partial charge in [-0.1, -0.05) is 65.9 Å². The highest BCUT2D eigenvalue weighted by Gasteiger charge is 2.35. The Morgan fingerprint density at radius 3 is 2.50 bits per heavy atom. The van der Waals surface area contributed by atoms with Crippen LogP contribution in [-0.4, -0.2) is 34.3 Å². The fourth-order valence-electron chi connectivity index (χ4n) is 4.50. The predicted molar refractivity (Wildman–Crippen MR) is 149 cm³/mol. The number of benzene rings is 3. The molecule has 0 bridgehead atoms. The van der Waals surface area contributed by atoms with E-state index >= 15 is 0 Å². The van der Waals surface area contributed by atoms with Crippen molar-refractivity contribution in [3.05, 3.63) is 125 Å². The van der Waals surface area contributed by atoms with Gasteiger partial charge in [0.05, 0.1) is 40.5 Å². The van der Waals surface area contributed by atoms with E-state index in [2.05, 4.69) is 0 Å². The third-order valence-electron chi connectivity index (χ3n) is 6.33. The maximum Gasteiger partial charge on any atom is 0.338 e. The molecule has 1 aliphatic rings. The summed E-state index contributed by atoms with van der Waals surface area (Å²) in [6.45, 7) is 1.82. The summed E-state index contributed by atoms with van der Waals surface area (Å²) >= 11 is 1.05. The third-order valence-corrected chi connectivity index (χ3v) is 7.32. The van der Waals surface area contributed by atoms with Crippen LogP contribution in [0, 0.1) is 10.1 Å². The van der Waals surface area contributed by atoms with E-state index in [1.807, 2.05) is 30.3 Å². The average molecular weight is 558 g/mol. The minimum absolute atomic E-state index is 0.105. The van der Waals surface area contributed by atoms with Crippen molar-refractivity contribution < 1.29 is 24.3 Å². The van der Waals surface area contributed by atoms with Crippen molar-refractivity contribution in [2.45, 2.75) is 13.0 Å². The lowest BCUT2D eigenvalue weighted by Crippen LogP contribution is -2.40. The van der Waals surface area contributed by atoms with Crippen molar-refractivity contribution in [1.29, 1.82) is 0 Å². The van der Waals surface area contributed by atoms with Gasteiger partial charge in [-0.25, -0.2) is 9.79 Å². The molecule has 11 heteroatoms. The first-order valence-electron chi connectivity index (χ1n) is 12.2. The van der Waals surface area contributed by atoms with Gasteiger partial charge in [-0.15, -0.1) is 0 Å². The molecule has 40 heavy (non-hydrogen) atoms. The zero-order valence-corrected chi connectivity index (χ0v) is 22.3. The van der Waals surface area contributed by atoms with Crippen LogP contribution in [0.2, 0.25) is 0 Å². The van der Waals surface area contributed by atoms with Gasteiger partial charge in [0.2, 0.25) is 5.75 Å². The minimum atomic E-state index is -0.891. The minimum Gasteiger partial charge on any atom is -0.502 e. The zero-order chi connectivity index (χ0) is 28.4. The molecule has 1 aliphatic heterocycles. The van der Waals surface area contributed by atoms with Crippen LogP contribution in [0.5, 0.6) is 11.5 Å². The lowest BCUT2D eigenvalue weighted by Gasteiger charge is -2.26. The molecule has 0 fully saturated rings. The predicted octanol–water partition coefficient (Wildman–Crippen LogP) is 3.56. The van der Waals surface area contributed by atoms with Crippen LogP contribution in [-0.2, 0) is 9.53 Å². The number of fused-ring (bicyclic) bond motifs is 1. The number of nitro groups is 1. The summed E-state index contributed by atoms with van der Waals surface area (Å²) in [6, 6.07) is 19.3. The Bertz CT molecular complexity index is 1820. The molecule has 5 rings (SSSR count). The van der Waals surface area contributed by atoms with E-state index in [1.165, 1.54) is 28.8 Å². The smallest absolute Gasteiger partial charge is 0.338 e. The second kappa shape index (κ2) is 11.0. The molecule has 1 atom stereocenters. The molecule has 0 radical (unpaired) electrons. The normalized spacial score (nSPS) is 14.8. The molecule has 10 nitrogen and oxygen atoms in total. The number of aromatic nitrogens is 1. The van der Waals surface area contributed by atoms with Gasteiger partial charge in [0, 0.05) is 17.2 Å². The largest absolute Gasteiger partial charge is 0.502 e. The zero-order valence-electron chi connectivity index (χ0n) is 21.4. The monoisotopic (exact) mass is 557 g/mol. The molecule has 0 saturated carbocycles. The van der Waals surface area contributed by atoms with E-state index in [1.54, 1.807) is 38.3 Å². The van der Waals surface area contributed by atoms with Crippen LogP contribution in [0.4, 0.5) is 5.69 Å². The second-order valence-electron chi connectivity index (χ2n) is 8.68. The summed E-state index contributed by atoms with van der Waals surface area (Å²) in [5, 5.41) is 21.8. The maximum atomic E-state index is 13.9. The van der Waals surface area contributed by atoms with Crippen LogP contribution < -0.4 is 19.6 Å². The number of nitrogens with zero attached hydrogens (tertiary/aromatic N) is 3. The molecule has 1 N–H and O–H groups in total. The Balaban J connectivity index is 1.82. The quantitative estimate of drug-likeness (QED) is 0.209. The number of thiazole rings is 1. The molecule has 0 spiro atoms. The number of nitro benzene ring substituents is 1. The molecule has 0 aliphatic carbocycles. The molecule has 1 unspecified atom stereocenters. The Morgan fingerprint density at radius 1 is 1.12 bits per heavy atom. The van der Waals surface area contributed by atoms with E-state index < -0.39 is 33.9 Å². The number of rotatable bonds is 7. The number of phenols is 1. The molecule has 2 heterocycles. The first kappa shape index (κ1) is 26.6. The van der Waals surface area contributed by atoms with Crippen molar-refractivity contribution in [3.63, 3.8) is 0 Å². The molecule has 0 saturated heterocycles. The number of hydrogen-bond acceptors (Lipinski definition) is 9. The molecule has 1 aromatic heterocycles. The van der Waals surface area contributed by atoms with Crippen molar-refractivity contribution in [1.82, 2.24) is 4.57 Å². The number of aromatic hydroxyl groups is 1. The van der Waals surface area contributed by atoms with Crippen molar-refractivity contribution in [3.8, 4) is 11.5 Å². The highest BCUT2D eigenvalue weighted by Crippen LogP contribution is 2.36. The van der Waals surface area contributed by atoms with Crippen LogP contribution in [0.15, 0.2) is 88.2 Å². The lowest BCUT2D eigenvalue weighted by molar-refractivity contribution is -0.385. The van der Waals surface area contributed by atoms with Crippen molar-refractivity contribution >= 4 is 34.8 Å². The van der Waals surface area contributed by atoms with E-state index in [4.69, 9.17) is 14.5 Å². The molecule has 202 valence electrons. The lowest BCUT2D eigenvalue weighted by atomic mass is 9.93. The number of carbonyl (C=O) groups excluding carboxylic acids is 1. The first-order valence-corrected chi connectivity index (χ1v) is 13.0. The standard InChI is InChI=1S/C29H23N3O7S/c1-3-39-28(35)23-24(17-8-5-4-6-9-17)30-29-31(25(23)18-12-14-20(38-2)15-13-18)27(34)22(40-29)16-19-10-7-11-21(26(19)33)32(36)37/h4-16,25,33H,3H2,1-2H3. The van der Waals surface area contributed by atoms with Crippen molar-refractivity contribution in [2.75, 3.05) is 13.7 Å². The van der Waals surface area contributed by atoms with Crippen molar-refractivity contribution in [2.24, 2.45) is 4.99 Å². The molecular formula is C29H23N3O7S. The fourth-order valence-corrected chi connectivity index (χ4v) is 5.49. The Hall–Kier alpha value is -5.03. The van der Waals surface area contributed by atoms with Gasteiger partial charge in [0.15, 0.2) is 4.80 Å². The molecule has 4 aromatic rings. The second-order valence-corrected chi connectivity index (χ2v) is 9.69. The highest BCUT2D eigenvalue weighted by molar-refractivity contribution is 7.07. The summed E-state index contributed by atoms with van der Waals surface area (Å²) in [5.41, 5.74) is 0.990. The van der Waals surface area contributed by atoms with Gasteiger partial charge in [-0.3, -0.25) is 19.5 Å². The fraction of sp³-hybridized carbons (Fsp3) is 0.138. The Labute approximate surface area is 231 Å². The van der Waals surface area contributed by atoms with Crippen LogP contribution >= 0.6 is 11.3 Å². The summed E-state index contributed by atoms with van der Waals surface area (Å²) < 4.78 is 12.3. The first-order chi connectivity index (χ1) is 19.3. The number of phenolic OH excluding ortho intramolecular Hbond substituents is 1. The van der Waals surface area contributed by atoms with E-state index in [-0.39, 0.29) is 22.3 Å². The highest BCUT2D eigenvalue weighted by atomic mass is 32.1. The number of esters is 1. The summed E-state index contributed by atoms with van der Waals surface area (Å²) in [6.07, 6.45) is 1.38. The molecular weight excluding hydrogens is 534 g/mol. The van der Waals surface area contributed by atoms with Crippen LogP contribution in [0.3, 0.4) is 0 Å². The Morgan fingerprint density at radius 2 is 1.85 bits per heavy atom. The number of carbonyl (C=O) groups is 1. The number of para-hydroxylation sites is 1. The van der Waals surface area contributed by atoms with Gasteiger partial charge < -0.3 is 14.6 Å². The maximum absolute atomic E-state index is 13.9. The van der Waals surface area contributed by atoms with Crippen LogP contribution in [0.1, 0.15) is 29.7 Å². The van der Waals surface area contributed by atoms with E-state index in [0.717, 1.165) is 11.3 Å². The summed E-state index contributed by atoms with van der Waals surface area (Å²) in [7, 11) is 1.54. The topological polar surface area (TPSA) is 133 Å². The third kappa shape index (κ3) is 4.78. The van der Waals surface area contributed by atoms with Gasteiger partial charge in [-0.05, 0) is 30.7 Å². The van der Waals surface area contributed by atoms with E-state index in [0.29, 0.717) is 27.4 Å². The number of ether oxygens (including phenoxy) is 2. The Kier molecular flexibility index (Phi) is 7.30. The SMILES string of the molecule is CCOC(=O)C1=C(c2ccccc2)N=c2sc(=Cc3cccc([N+](=O)[O-])c3O)c(=O)n2C1c1ccc(OC)cc1. The molecule has 3 aromatic carbocycles. The van der Waals surface area contributed by atoms with E-state index in [9.17, 15) is 24.8 Å². The van der Waals surface area contributed by atoms with Gasteiger partial charge in [0.25, 0.3) is 5.56 Å². The molecule has 0 amide bonds. The summed E-state index contributed by atoms with van der Waals surface area (Å²) in [4.78, 5) is 43.0. The number of hydrogen-bond donors (Lipinski definition) is 1. The van der Waals surface area contributed by atoms with Gasteiger partial charge in [-0.2, -0.15) is 0 Å². The number of methoxy groups -OCH3 is 1. The van der Waals surface area contributed by atoms with Gasteiger partial charge in [0.1, 0.15) is 5.75 Å². The summed E-state index contributed by atoms with van der Waals surface area (Å²) in [5.74, 6) is -0.569.